The fourth-order valence-electron chi connectivity index (χ4n) is 3.99. The van der Waals surface area contributed by atoms with Crippen molar-refractivity contribution < 1.29 is 0 Å². The Morgan fingerprint density at radius 3 is 1.87 bits per heavy atom. The summed E-state index contributed by atoms with van der Waals surface area (Å²) in [6.07, 6.45) is 7.01. The molecule has 2 aromatic carbocycles. The van der Waals surface area contributed by atoms with E-state index in [0.29, 0.717) is 0 Å². The predicted molar refractivity (Wildman–Crippen MR) is 132 cm³/mol. The van der Waals surface area contributed by atoms with Crippen LogP contribution in [0.5, 0.6) is 0 Å². The molecule has 5 aromatic heterocycles. The summed E-state index contributed by atoms with van der Waals surface area (Å²) < 4.78 is 4.01. The number of hydrogen-bond donors (Lipinski definition) is 0. The molecule has 0 unspecified atom stereocenters. The van der Waals surface area contributed by atoms with Gasteiger partial charge in [-0.3, -0.25) is 19.9 Å². The number of rotatable bonds is 2. The summed E-state index contributed by atoms with van der Waals surface area (Å²) in [4.78, 5) is 20.6. The maximum atomic E-state index is 4.58. The molecule has 0 atom stereocenters. The Hall–Kier alpha value is -3.26. The van der Waals surface area contributed by atoms with Gasteiger partial charge in [0.05, 0.1) is 30.8 Å². The van der Waals surface area contributed by atoms with Crippen molar-refractivity contribution in [3.05, 3.63) is 73.3 Å². The molecule has 0 saturated carbocycles. The Morgan fingerprint density at radius 1 is 0.581 bits per heavy atom. The molecule has 0 fully saturated rings. The zero-order chi connectivity index (χ0) is 20.4. The van der Waals surface area contributed by atoms with E-state index in [-0.39, 0.29) is 0 Å². The molecule has 7 aromatic rings. The lowest BCUT2D eigenvalue weighted by Gasteiger charge is -2.01. The topological polar surface area (TPSA) is 51.6 Å². The van der Waals surface area contributed by atoms with Gasteiger partial charge in [-0.15, -0.1) is 34.0 Å². The highest BCUT2D eigenvalue weighted by Crippen LogP contribution is 2.48. The van der Waals surface area contributed by atoms with E-state index < -0.39 is 0 Å². The van der Waals surface area contributed by atoms with Gasteiger partial charge in [-0.25, -0.2) is 0 Å². The molecule has 0 radical (unpaired) electrons. The molecule has 0 aliphatic rings. The largest absolute Gasteiger partial charge is 0.253 e. The first-order chi connectivity index (χ1) is 15.3. The third-order valence-corrected chi connectivity index (χ3v) is 9.11. The van der Waals surface area contributed by atoms with Crippen LogP contribution in [-0.2, 0) is 0 Å². The summed E-state index contributed by atoms with van der Waals surface area (Å²) in [7, 11) is 0. The fraction of sp³-hybridized carbons (Fsp3) is 0. The van der Waals surface area contributed by atoms with Gasteiger partial charge in [0.25, 0.3) is 0 Å². The van der Waals surface area contributed by atoms with Crippen molar-refractivity contribution >= 4 is 74.9 Å². The number of aromatic nitrogens is 4. The lowest BCUT2D eigenvalue weighted by molar-refractivity contribution is 1.30. The summed E-state index contributed by atoms with van der Waals surface area (Å²) in [5.41, 5.74) is 6.06. The van der Waals surface area contributed by atoms with Crippen molar-refractivity contribution in [3.8, 4) is 20.9 Å². The third kappa shape index (κ3) is 2.64. The third-order valence-electron chi connectivity index (χ3n) is 5.37. The van der Waals surface area contributed by atoms with Crippen molar-refractivity contribution in [2.24, 2.45) is 0 Å². The Morgan fingerprint density at radius 2 is 1.19 bits per heavy atom. The molecular weight excluding hydrogens is 440 g/mol. The lowest BCUT2D eigenvalue weighted by atomic mass is 10.1. The van der Waals surface area contributed by atoms with Crippen molar-refractivity contribution in [1.82, 2.24) is 19.9 Å². The number of benzene rings is 2. The fourth-order valence-corrected chi connectivity index (χ4v) is 8.03. The van der Waals surface area contributed by atoms with Crippen LogP contribution in [0, 0.1) is 0 Å². The summed E-state index contributed by atoms with van der Waals surface area (Å²) in [6.45, 7) is 0. The number of para-hydroxylation sites is 2. The van der Waals surface area contributed by atoms with Crippen LogP contribution in [0.3, 0.4) is 0 Å². The Labute approximate surface area is 188 Å². The van der Waals surface area contributed by atoms with Gasteiger partial charge in [0.1, 0.15) is 0 Å². The van der Waals surface area contributed by atoms with E-state index in [1.54, 1.807) is 24.8 Å². The normalized spacial score (nSPS) is 11.9. The predicted octanol–water partition coefficient (Wildman–Crippen LogP) is 7.40. The van der Waals surface area contributed by atoms with E-state index in [0.717, 1.165) is 33.2 Å². The molecule has 31 heavy (non-hydrogen) atoms. The van der Waals surface area contributed by atoms with Crippen molar-refractivity contribution in [1.29, 1.82) is 0 Å². The van der Waals surface area contributed by atoms with E-state index >= 15 is 0 Å². The minimum Gasteiger partial charge on any atom is -0.253 e. The quantitative estimate of drug-likeness (QED) is 0.274. The first-order valence-electron chi connectivity index (χ1n) is 9.71. The summed E-state index contributed by atoms with van der Waals surface area (Å²) in [6, 6.07) is 17.0. The maximum absolute atomic E-state index is 4.58. The second kappa shape index (κ2) is 6.62. The van der Waals surface area contributed by atoms with E-state index in [4.69, 9.17) is 0 Å². The molecule has 4 nitrogen and oxygen atoms in total. The summed E-state index contributed by atoms with van der Waals surface area (Å²) >= 11 is 5.53. The van der Waals surface area contributed by atoms with Gasteiger partial charge < -0.3 is 0 Å². The number of fused-ring (bicyclic) bond motifs is 5. The smallest absolute Gasteiger partial charge is 0.0973 e. The molecular formula is C24H12N4S3. The highest BCUT2D eigenvalue weighted by atomic mass is 32.2. The van der Waals surface area contributed by atoms with Gasteiger partial charge in [0.15, 0.2) is 0 Å². The zero-order valence-corrected chi connectivity index (χ0v) is 18.4. The SMILES string of the molecule is c1cc(-c2cc3c(s2)sc2cc(-c4cccc5nccnc45)sc23)c2nccnc2c1. The van der Waals surface area contributed by atoms with Crippen LogP contribution in [0.15, 0.2) is 73.3 Å². The molecule has 146 valence electrons. The number of thiophene rings is 3. The molecule has 0 aliphatic carbocycles. The van der Waals surface area contributed by atoms with Gasteiger partial charge in [0.2, 0.25) is 0 Å². The van der Waals surface area contributed by atoms with Crippen LogP contribution in [0.1, 0.15) is 0 Å². The monoisotopic (exact) mass is 452 g/mol. The van der Waals surface area contributed by atoms with Gasteiger partial charge in [-0.1, -0.05) is 24.3 Å². The van der Waals surface area contributed by atoms with E-state index in [9.17, 15) is 0 Å². The zero-order valence-electron chi connectivity index (χ0n) is 15.9. The Balaban J connectivity index is 1.42. The number of nitrogens with zero attached hydrogens (tertiary/aromatic N) is 4. The van der Waals surface area contributed by atoms with Gasteiger partial charge in [-0.05, 0) is 24.3 Å². The number of hydrogen-bond acceptors (Lipinski definition) is 7. The van der Waals surface area contributed by atoms with E-state index in [1.807, 2.05) is 46.1 Å². The Kier molecular flexibility index (Phi) is 3.72. The molecule has 0 aliphatic heterocycles. The first kappa shape index (κ1) is 17.4. The lowest BCUT2D eigenvalue weighted by Crippen LogP contribution is -1.84. The van der Waals surface area contributed by atoms with Gasteiger partial charge in [0, 0.05) is 55.8 Å². The molecule has 7 heteroatoms. The molecule has 5 heterocycles. The van der Waals surface area contributed by atoms with Gasteiger partial charge in [-0.2, -0.15) is 0 Å². The molecule has 7 rings (SSSR count). The van der Waals surface area contributed by atoms with Crippen LogP contribution in [0.2, 0.25) is 0 Å². The average molecular weight is 453 g/mol. The Bertz CT molecular complexity index is 1620. The van der Waals surface area contributed by atoms with E-state index in [1.165, 1.54) is 28.6 Å². The van der Waals surface area contributed by atoms with E-state index in [2.05, 4.69) is 56.3 Å². The van der Waals surface area contributed by atoms with Crippen LogP contribution in [-0.4, -0.2) is 19.9 Å². The molecule has 0 N–H and O–H groups in total. The average Bonchev–Trinajstić information content (AvgIpc) is 3.49. The second-order valence-electron chi connectivity index (χ2n) is 7.18. The van der Waals surface area contributed by atoms with Gasteiger partial charge >= 0.3 is 0 Å². The standard InChI is InChI=1S/C24H12N4S3/c1-3-13(21-16(5-1)25-7-9-27-21)18-11-15-23-20(31-24(15)30-18)12-19(29-23)14-4-2-6-17-22(14)28-10-8-26-17/h1-12H. The highest BCUT2D eigenvalue weighted by molar-refractivity contribution is 7.45. The molecule has 0 spiro atoms. The molecule has 0 saturated heterocycles. The maximum Gasteiger partial charge on any atom is 0.0973 e. The minimum absolute atomic E-state index is 0.928. The second-order valence-corrected chi connectivity index (χ2v) is 10.6. The molecule has 0 bridgehead atoms. The van der Waals surface area contributed by atoms with Crippen LogP contribution in [0.4, 0.5) is 0 Å². The van der Waals surface area contributed by atoms with Crippen molar-refractivity contribution in [2.45, 2.75) is 0 Å². The van der Waals surface area contributed by atoms with Crippen LogP contribution >= 0.6 is 34.0 Å². The van der Waals surface area contributed by atoms with Crippen molar-refractivity contribution in [2.75, 3.05) is 0 Å². The first-order valence-corrected chi connectivity index (χ1v) is 12.2. The van der Waals surface area contributed by atoms with Crippen LogP contribution < -0.4 is 0 Å². The summed E-state index contributed by atoms with van der Waals surface area (Å²) in [5.74, 6) is 0. The summed E-state index contributed by atoms with van der Waals surface area (Å²) in [5, 5.41) is 1.32. The minimum atomic E-state index is 0.928. The molecule has 0 amide bonds. The highest BCUT2D eigenvalue weighted by Gasteiger charge is 2.17. The van der Waals surface area contributed by atoms with Crippen molar-refractivity contribution in [3.63, 3.8) is 0 Å². The van der Waals surface area contributed by atoms with Crippen LogP contribution in [0.25, 0.3) is 61.7 Å².